The van der Waals surface area contributed by atoms with Gasteiger partial charge in [-0.1, -0.05) is 6.07 Å². The minimum Gasteiger partial charge on any atom is -0.494 e. The van der Waals surface area contributed by atoms with Crippen molar-refractivity contribution in [2.75, 3.05) is 19.8 Å². The summed E-state index contributed by atoms with van der Waals surface area (Å²) in [4.78, 5) is 6.58. The standard InChI is InChI=1S/C22H24N4O2S/c1-2-28-17-10-8-16(9-11-17)25-13-5-7-19(25)21-20(18-6-3-4-12-23-18)24-22(29)26(21)14-15-27/h3-13,20-21,27H,2,14-15H2,1H3,(H,24,29)/t20-,21-/m0/s1. The lowest BCUT2D eigenvalue weighted by Gasteiger charge is -2.28. The molecule has 0 aliphatic carbocycles. The first-order chi connectivity index (χ1) is 14.2. The fraction of sp³-hybridized carbons (Fsp3) is 0.273. The second-order valence-corrected chi connectivity index (χ2v) is 7.16. The van der Waals surface area contributed by atoms with Crippen molar-refractivity contribution in [2.45, 2.75) is 19.0 Å². The van der Waals surface area contributed by atoms with E-state index in [1.807, 2.05) is 66.6 Å². The number of benzene rings is 1. The lowest BCUT2D eigenvalue weighted by atomic mass is 10.0. The van der Waals surface area contributed by atoms with Gasteiger partial charge in [0.25, 0.3) is 0 Å². The summed E-state index contributed by atoms with van der Waals surface area (Å²) in [5.74, 6) is 0.849. The number of thiocarbonyl (C=S) groups is 1. The number of pyridine rings is 1. The Balaban J connectivity index is 1.74. The average Bonchev–Trinajstić information content (AvgIpc) is 3.35. The first kappa shape index (κ1) is 19.4. The Bertz CT molecular complexity index is 958. The largest absolute Gasteiger partial charge is 0.494 e. The van der Waals surface area contributed by atoms with Crippen molar-refractivity contribution in [2.24, 2.45) is 0 Å². The predicted octanol–water partition coefficient (Wildman–Crippen LogP) is 3.24. The lowest BCUT2D eigenvalue weighted by Crippen LogP contribution is -2.32. The summed E-state index contributed by atoms with van der Waals surface area (Å²) in [5.41, 5.74) is 3.03. The van der Waals surface area contributed by atoms with Crippen molar-refractivity contribution in [3.63, 3.8) is 0 Å². The van der Waals surface area contributed by atoms with Crippen molar-refractivity contribution < 1.29 is 9.84 Å². The van der Waals surface area contributed by atoms with Crippen molar-refractivity contribution in [3.8, 4) is 11.4 Å². The van der Waals surface area contributed by atoms with E-state index in [9.17, 15) is 5.11 Å². The molecule has 0 unspecified atom stereocenters. The number of hydrogen-bond acceptors (Lipinski definition) is 4. The third kappa shape index (κ3) is 3.83. The van der Waals surface area contributed by atoms with Gasteiger partial charge in [0, 0.05) is 30.3 Å². The minimum absolute atomic E-state index is 0.0248. The molecule has 0 radical (unpaired) electrons. The molecule has 1 saturated heterocycles. The van der Waals surface area contributed by atoms with Gasteiger partial charge in [-0.2, -0.15) is 0 Å². The summed E-state index contributed by atoms with van der Waals surface area (Å²) in [5, 5.41) is 13.6. The molecule has 150 valence electrons. The molecule has 0 bridgehead atoms. The van der Waals surface area contributed by atoms with E-state index in [0.29, 0.717) is 18.3 Å². The highest BCUT2D eigenvalue weighted by Gasteiger charge is 2.40. The number of nitrogens with one attached hydrogen (secondary N) is 1. The molecule has 0 spiro atoms. The molecule has 6 nitrogen and oxygen atoms in total. The molecule has 2 N–H and O–H groups in total. The summed E-state index contributed by atoms with van der Waals surface area (Å²) in [7, 11) is 0. The number of aliphatic hydroxyl groups excluding tert-OH is 1. The fourth-order valence-electron chi connectivity index (χ4n) is 3.82. The quantitative estimate of drug-likeness (QED) is 0.586. The number of aliphatic hydroxyl groups is 1. The molecule has 29 heavy (non-hydrogen) atoms. The van der Waals surface area contributed by atoms with Crippen molar-refractivity contribution in [3.05, 3.63) is 78.4 Å². The van der Waals surface area contributed by atoms with Crippen LogP contribution < -0.4 is 10.1 Å². The number of ether oxygens (including phenoxy) is 1. The van der Waals surface area contributed by atoms with Gasteiger partial charge in [0.05, 0.1) is 31.0 Å². The lowest BCUT2D eigenvalue weighted by molar-refractivity contribution is 0.220. The van der Waals surface area contributed by atoms with E-state index < -0.39 is 0 Å². The van der Waals surface area contributed by atoms with Crippen LogP contribution in [0.5, 0.6) is 5.75 Å². The zero-order chi connectivity index (χ0) is 20.2. The molecule has 3 aromatic rings. The Kier molecular flexibility index (Phi) is 5.78. The average molecular weight is 409 g/mol. The summed E-state index contributed by atoms with van der Waals surface area (Å²) in [6, 6.07) is 17.8. The SMILES string of the molecule is CCOc1ccc(-n2cccc2[C@H]2[C@H](c3ccccn3)NC(=S)N2CCO)cc1. The van der Waals surface area contributed by atoms with Crippen molar-refractivity contribution in [1.29, 1.82) is 0 Å². The highest BCUT2D eigenvalue weighted by molar-refractivity contribution is 7.80. The van der Waals surface area contributed by atoms with Crippen LogP contribution in [0.4, 0.5) is 0 Å². The van der Waals surface area contributed by atoms with Gasteiger partial charge in [0.2, 0.25) is 0 Å². The van der Waals surface area contributed by atoms with Crippen LogP contribution in [0.3, 0.4) is 0 Å². The van der Waals surface area contributed by atoms with Gasteiger partial charge in [-0.25, -0.2) is 0 Å². The molecule has 1 aliphatic heterocycles. The molecular weight excluding hydrogens is 384 g/mol. The van der Waals surface area contributed by atoms with Crippen LogP contribution in [-0.4, -0.2) is 44.4 Å². The van der Waals surface area contributed by atoms with E-state index in [1.165, 1.54) is 0 Å². The predicted molar refractivity (Wildman–Crippen MR) is 116 cm³/mol. The Morgan fingerprint density at radius 3 is 2.66 bits per heavy atom. The molecule has 1 aromatic carbocycles. The second-order valence-electron chi connectivity index (χ2n) is 6.77. The van der Waals surface area contributed by atoms with Crippen LogP contribution in [0.2, 0.25) is 0 Å². The third-order valence-corrected chi connectivity index (χ3v) is 5.40. The molecule has 2 aromatic heterocycles. The number of hydrogen-bond donors (Lipinski definition) is 2. The number of rotatable bonds is 7. The first-order valence-electron chi connectivity index (χ1n) is 9.72. The van der Waals surface area contributed by atoms with Crippen molar-refractivity contribution >= 4 is 17.3 Å². The Morgan fingerprint density at radius 1 is 1.14 bits per heavy atom. The number of aromatic nitrogens is 2. The summed E-state index contributed by atoms with van der Waals surface area (Å²) < 4.78 is 7.71. The molecule has 1 aliphatic rings. The molecule has 3 heterocycles. The van der Waals surface area contributed by atoms with Gasteiger partial charge in [-0.05, 0) is 67.7 Å². The molecule has 0 saturated carbocycles. The van der Waals surface area contributed by atoms with Crippen LogP contribution in [0.15, 0.2) is 67.0 Å². The smallest absolute Gasteiger partial charge is 0.170 e. The highest BCUT2D eigenvalue weighted by atomic mass is 32.1. The van der Waals surface area contributed by atoms with Crippen LogP contribution in [-0.2, 0) is 0 Å². The molecule has 4 rings (SSSR count). The topological polar surface area (TPSA) is 62.5 Å². The Morgan fingerprint density at radius 2 is 1.97 bits per heavy atom. The Labute approximate surface area is 175 Å². The maximum atomic E-state index is 9.62. The van der Waals surface area contributed by atoms with Gasteiger partial charge < -0.3 is 24.6 Å². The van der Waals surface area contributed by atoms with Crippen LogP contribution in [0, 0.1) is 0 Å². The molecule has 1 fully saturated rings. The van der Waals surface area contributed by atoms with E-state index in [-0.39, 0.29) is 18.7 Å². The first-order valence-corrected chi connectivity index (χ1v) is 10.1. The van der Waals surface area contributed by atoms with E-state index in [0.717, 1.165) is 22.8 Å². The normalized spacial score (nSPS) is 18.7. The van der Waals surface area contributed by atoms with Gasteiger partial charge >= 0.3 is 0 Å². The summed E-state index contributed by atoms with van der Waals surface area (Å²) in [6.45, 7) is 3.09. The zero-order valence-electron chi connectivity index (χ0n) is 16.2. The van der Waals surface area contributed by atoms with Gasteiger partial charge in [-0.15, -0.1) is 0 Å². The van der Waals surface area contributed by atoms with Gasteiger partial charge in [-0.3, -0.25) is 4.98 Å². The van der Waals surface area contributed by atoms with Crippen LogP contribution >= 0.6 is 12.2 Å². The van der Waals surface area contributed by atoms with E-state index >= 15 is 0 Å². The molecule has 7 heteroatoms. The zero-order valence-corrected chi connectivity index (χ0v) is 17.0. The summed E-state index contributed by atoms with van der Waals surface area (Å²) in [6.07, 6.45) is 3.83. The van der Waals surface area contributed by atoms with E-state index in [1.54, 1.807) is 6.20 Å². The number of nitrogens with zero attached hydrogens (tertiary/aromatic N) is 3. The van der Waals surface area contributed by atoms with Gasteiger partial charge in [0.15, 0.2) is 5.11 Å². The van der Waals surface area contributed by atoms with Gasteiger partial charge in [0.1, 0.15) is 5.75 Å². The maximum Gasteiger partial charge on any atom is 0.170 e. The minimum atomic E-state index is -0.105. The van der Waals surface area contributed by atoms with Crippen LogP contribution in [0.1, 0.15) is 30.4 Å². The highest BCUT2D eigenvalue weighted by Crippen LogP contribution is 2.39. The number of β-amino-alcohol motifs (C(OH)–C–C–N with tert-alkyl or cyclic N) is 1. The summed E-state index contributed by atoms with van der Waals surface area (Å²) >= 11 is 5.59. The molecule has 2 atom stereocenters. The van der Waals surface area contributed by atoms with E-state index in [2.05, 4.69) is 20.9 Å². The van der Waals surface area contributed by atoms with Crippen molar-refractivity contribution in [1.82, 2.24) is 19.8 Å². The molecular formula is C22H24N4O2S. The second kappa shape index (κ2) is 8.63. The molecule has 0 amide bonds. The fourth-order valence-corrected chi connectivity index (χ4v) is 4.15. The third-order valence-electron chi connectivity index (χ3n) is 5.05. The van der Waals surface area contributed by atoms with E-state index in [4.69, 9.17) is 17.0 Å². The maximum absolute atomic E-state index is 9.62. The van der Waals surface area contributed by atoms with Crippen LogP contribution in [0.25, 0.3) is 5.69 Å². The monoisotopic (exact) mass is 408 g/mol. The Hall–Kier alpha value is -2.90.